The van der Waals surface area contributed by atoms with Gasteiger partial charge in [0.2, 0.25) is 0 Å². The van der Waals surface area contributed by atoms with Gasteiger partial charge in [0.15, 0.2) is 5.96 Å². The number of unbranched alkanes of at least 4 members (excludes halogenated alkanes) is 1. The van der Waals surface area contributed by atoms with Gasteiger partial charge in [-0.2, -0.15) is 0 Å². The Hall–Kier alpha value is -0.730. The van der Waals surface area contributed by atoms with Gasteiger partial charge in [-0.1, -0.05) is 26.2 Å². The van der Waals surface area contributed by atoms with Gasteiger partial charge in [-0.05, 0) is 26.2 Å². The van der Waals surface area contributed by atoms with E-state index >= 15 is 0 Å². The number of nitrogens with zero attached hydrogens (tertiary/aromatic N) is 2. The average Bonchev–Trinajstić information content (AvgIpc) is 2.71. The molecule has 1 rings (SSSR count). The largest absolute Gasteiger partial charge is 0.370 e. The summed E-state index contributed by atoms with van der Waals surface area (Å²) in [5.74, 6) is 0.762. The standard InChI is InChI=1S/C12H25N3/c1-3-5-10-15(4-2)12(13)14-11-8-6-7-9-11/h11H,3-10H2,1-2H3,(H2,13,14). The van der Waals surface area contributed by atoms with Gasteiger partial charge in [-0.25, -0.2) is 4.99 Å². The Kier molecular flexibility index (Phi) is 5.51. The van der Waals surface area contributed by atoms with E-state index in [0.29, 0.717) is 6.04 Å². The number of nitrogens with two attached hydrogens (primary N) is 1. The number of rotatable bonds is 5. The van der Waals surface area contributed by atoms with Gasteiger partial charge in [0.05, 0.1) is 6.04 Å². The molecule has 0 bridgehead atoms. The fourth-order valence-corrected chi connectivity index (χ4v) is 2.09. The molecule has 1 fully saturated rings. The lowest BCUT2D eigenvalue weighted by Crippen LogP contribution is -2.38. The van der Waals surface area contributed by atoms with E-state index in [9.17, 15) is 0 Å². The fraction of sp³-hybridized carbons (Fsp3) is 0.917. The summed E-state index contributed by atoms with van der Waals surface area (Å²) in [5, 5.41) is 0. The third kappa shape index (κ3) is 4.10. The molecule has 0 saturated heterocycles. The summed E-state index contributed by atoms with van der Waals surface area (Å²) in [6.07, 6.45) is 7.52. The minimum absolute atomic E-state index is 0.501. The summed E-state index contributed by atoms with van der Waals surface area (Å²) in [5.41, 5.74) is 6.02. The van der Waals surface area contributed by atoms with Gasteiger partial charge in [0.25, 0.3) is 0 Å². The molecule has 0 atom stereocenters. The number of aliphatic imine (C=N–C) groups is 1. The molecule has 0 heterocycles. The molecule has 3 heteroatoms. The smallest absolute Gasteiger partial charge is 0.191 e. The predicted octanol–water partition coefficient (Wildman–Crippen LogP) is 2.37. The first-order chi connectivity index (χ1) is 7.27. The Morgan fingerprint density at radius 1 is 1.33 bits per heavy atom. The van der Waals surface area contributed by atoms with Crippen LogP contribution in [0.2, 0.25) is 0 Å². The maximum absolute atomic E-state index is 6.02. The van der Waals surface area contributed by atoms with E-state index in [1.165, 1.54) is 38.5 Å². The molecule has 0 spiro atoms. The maximum atomic E-state index is 6.02. The second-order valence-electron chi connectivity index (χ2n) is 4.36. The highest BCUT2D eigenvalue weighted by atomic mass is 15.2. The van der Waals surface area contributed by atoms with Crippen molar-refractivity contribution in [3.63, 3.8) is 0 Å². The van der Waals surface area contributed by atoms with Gasteiger partial charge in [-0.3, -0.25) is 0 Å². The van der Waals surface area contributed by atoms with Crippen LogP contribution in [0.3, 0.4) is 0 Å². The molecule has 1 saturated carbocycles. The van der Waals surface area contributed by atoms with Crippen molar-refractivity contribution in [1.82, 2.24) is 4.90 Å². The minimum atomic E-state index is 0.501. The molecule has 0 aromatic carbocycles. The molecular weight excluding hydrogens is 186 g/mol. The Bertz CT molecular complexity index is 195. The van der Waals surface area contributed by atoms with E-state index < -0.39 is 0 Å². The summed E-state index contributed by atoms with van der Waals surface area (Å²) in [7, 11) is 0. The fourth-order valence-electron chi connectivity index (χ4n) is 2.09. The lowest BCUT2D eigenvalue weighted by molar-refractivity contribution is 0.419. The first-order valence-electron chi connectivity index (χ1n) is 6.36. The van der Waals surface area contributed by atoms with Gasteiger partial charge in [-0.15, -0.1) is 0 Å². The normalized spacial score (nSPS) is 18.4. The van der Waals surface area contributed by atoms with Crippen LogP contribution in [0.25, 0.3) is 0 Å². The molecule has 2 N–H and O–H groups in total. The van der Waals surface area contributed by atoms with E-state index in [1.54, 1.807) is 0 Å². The van der Waals surface area contributed by atoms with E-state index in [4.69, 9.17) is 5.73 Å². The van der Waals surface area contributed by atoms with Crippen molar-refractivity contribution >= 4 is 5.96 Å². The maximum Gasteiger partial charge on any atom is 0.191 e. The molecule has 88 valence electrons. The van der Waals surface area contributed by atoms with Crippen molar-refractivity contribution in [2.45, 2.75) is 58.4 Å². The van der Waals surface area contributed by atoms with Crippen LogP contribution in [0, 0.1) is 0 Å². The van der Waals surface area contributed by atoms with Gasteiger partial charge < -0.3 is 10.6 Å². The van der Waals surface area contributed by atoms with Crippen LogP contribution in [0.4, 0.5) is 0 Å². The zero-order chi connectivity index (χ0) is 11.1. The molecule has 0 aliphatic heterocycles. The number of hydrogen-bond donors (Lipinski definition) is 1. The predicted molar refractivity (Wildman–Crippen MR) is 66.0 cm³/mol. The van der Waals surface area contributed by atoms with Crippen molar-refractivity contribution in [3.05, 3.63) is 0 Å². The third-order valence-electron chi connectivity index (χ3n) is 3.13. The zero-order valence-corrected chi connectivity index (χ0v) is 10.2. The van der Waals surface area contributed by atoms with E-state index in [1.807, 2.05) is 0 Å². The van der Waals surface area contributed by atoms with Crippen LogP contribution in [0.5, 0.6) is 0 Å². The van der Waals surface area contributed by atoms with E-state index in [2.05, 4.69) is 23.7 Å². The van der Waals surface area contributed by atoms with Crippen molar-refractivity contribution in [2.24, 2.45) is 10.7 Å². The van der Waals surface area contributed by atoms with Gasteiger partial charge >= 0.3 is 0 Å². The first kappa shape index (κ1) is 12.3. The second kappa shape index (κ2) is 6.70. The molecule has 0 radical (unpaired) electrons. The summed E-state index contributed by atoms with van der Waals surface area (Å²) < 4.78 is 0. The van der Waals surface area contributed by atoms with Crippen LogP contribution in [0.15, 0.2) is 4.99 Å². The molecule has 15 heavy (non-hydrogen) atoms. The first-order valence-corrected chi connectivity index (χ1v) is 6.36. The van der Waals surface area contributed by atoms with Crippen LogP contribution in [-0.4, -0.2) is 30.0 Å². The Balaban J connectivity index is 2.42. The topological polar surface area (TPSA) is 41.6 Å². The average molecular weight is 211 g/mol. The molecule has 0 unspecified atom stereocenters. The second-order valence-corrected chi connectivity index (χ2v) is 4.36. The molecule has 3 nitrogen and oxygen atoms in total. The summed E-state index contributed by atoms with van der Waals surface area (Å²) in [6, 6.07) is 0.501. The monoisotopic (exact) mass is 211 g/mol. The molecule has 1 aliphatic rings. The highest BCUT2D eigenvalue weighted by Crippen LogP contribution is 2.20. The van der Waals surface area contributed by atoms with Crippen molar-refractivity contribution < 1.29 is 0 Å². The van der Waals surface area contributed by atoms with Crippen molar-refractivity contribution in [1.29, 1.82) is 0 Å². The van der Waals surface area contributed by atoms with Crippen LogP contribution in [-0.2, 0) is 0 Å². The Morgan fingerprint density at radius 3 is 2.53 bits per heavy atom. The highest BCUT2D eigenvalue weighted by Gasteiger charge is 2.15. The molecule has 1 aliphatic carbocycles. The zero-order valence-electron chi connectivity index (χ0n) is 10.2. The summed E-state index contributed by atoms with van der Waals surface area (Å²) >= 11 is 0. The van der Waals surface area contributed by atoms with Crippen molar-refractivity contribution in [2.75, 3.05) is 13.1 Å². The highest BCUT2D eigenvalue weighted by molar-refractivity contribution is 5.78. The van der Waals surface area contributed by atoms with Crippen molar-refractivity contribution in [3.8, 4) is 0 Å². The van der Waals surface area contributed by atoms with Gasteiger partial charge in [0, 0.05) is 13.1 Å². The Labute approximate surface area is 93.7 Å². The van der Waals surface area contributed by atoms with Crippen LogP contribution >= 0.6 is 0 Å². The molecular formula is C12H25N3. The Morgan fingerprint density at radius 2 is 2.00 bits per heavy atom. The summed E-state index contributed by atoms with van der Waals surface area (Å²) in [4.78, 5) is 6.82. The number of guanidine groups is 1. The SMILES string of the molecule is CCCCN(CC)C(N)=NC1CCCC1. The van der Waals surface area contributed by atoms with Gasteiger partial charge in [0.1, 0.15) is 0 Å². The number of hydrogen-bond acceptors (Lipinski definition) is 1. The summed E-state index contributed by atoms with van der Waals surface area (Å²) in [6.45, 7) is 6.38. The van der Waals surface area contributed by atoms with Crippen LogP contribution < -0.4 is 5.73 Å². The van der Waals surface area contributed by atoms with E-state index in [0.717, 1.165) is 19.0 Å². The lowest BCUT2D eigenvalue weighted by atomic mass is 10.3. The molecule has 0 amide bonds. The quantitative estimate of drug-likeness (QED) is 0.560. The van der Waals surface area contributed by atoms with Crippen LogP contribution in [0.1, 0.15) is 52.4 Å². The minimum Gasteiger partial charge on any atom is -0.370 e. The molecule has 0 aromatic heterocycles. The molecule has 0 aromatic rings. The third-order valence-corrected chi connectivity index (χ3v) is 3.13. The lowest BCUT2D eigenvalue weighted by Gasteiger charge is -2.22. The van der Waals surface area contributed by atoms with E-state index in [-0.39, 0.29) is 0 Å².